The fourth-order valence-corrected chi connectivity index (χ4v) is 1.79. The Morgan fingerprint density at radius 1 is 0.950 bits per heavy atom. The summed E-state index contributed by atoms with van der Waals surface area (Å²) in [5, 5.41) is 0. The van der Waals surface area contributed by atoms with E-state index in [1.54, 1.807) is 36.4 Å². The van der Waals surface area contributed by atoms with Crippen molar-refractivity contribution in [2.45, 2.75) is 6.42 Å². The van der Waals surface area contributed by atoms with Crippen molar-refractivity contribution in [1.82, 2.24) is 0 Å². The zero-order chi connectivity index (χ0) is 14.4. The Bertz CT molecular complexity index is 608. The van der Waals surface area contributed by atoms with Crippen molar-refractivity contribution < 1.29 is 14.3 Å². The maximum Gasteiger partial charge on any atom is 0.220 e. The molecule has 4 heteroatoms. The fraction of sp³-hybridized carbons (Fsp3) is 0.125. The van der Waals surface area contributed by atoms with Crippen LogP contribution in [0.2, 0.25) is 0 Å². The summed E-state index contributed by atoms with van der Waals surface area (Å²) in [5.74, 6) is -0.0836. The number of primary amides is 1. The first-order valence-electron chi connectivity index (χ1n) is 6.28. The quantitative estimate of drug-likeness (QED) is 0.817. The van der Waals surface area contributed by atoms with E-state index in [0.717, 1.165) is 0 Å². The van der Waals surface area contributed by atoms with Gasteiger partial charge in [-0.25, -0.2) is 0 Å². The Balaban J connectivity index is 2.19. The summed E-state index contributed by atoms with van der Waals surface area (Å²) in [5.41, 5.74) is 6.13. The van der Waals surface area contributed by atoms with Gasteiger partial charge in [0.05, 0.1) is 18.6 Å². The van der Waals surface area contributed by atoms with Gasteiger partial charge in [-0.05, 0) is 12.1 Å². The van der Waals surface area contributed by atoms with Crippen LogP contribution in [0.3, 0.4) is 0 Å². The van der Waals surface area contributed by atoms with Crippen molar-refractivity contribution in [3.8, 4) is 5.75 Å². The largest absolute Gasteiger partial charge is 0.492 e. The molecule has 0 aliphatic heterocycles. The molecule has 0 fully saturated rings. The highest BCUT2D eigenvalue weighted by molar-refractivity contribution is 6.10. The van der Waals surface area contributed by atoms with E-state index < -0.39 is 5.91 Å². The molecule has 2 aromatic carbocycles. The van der Waals surface area contributed by atoms with E-state index in [2.05, 4.69) is 0 Å². The highest BCUT2D eigenvalue weighted by Crippen LogP contribution is 2.21. The number of nitrogens with two attached hydrogens (primary N) is 1. The molecule has 2 N–H and O–H groups in total. The summed E-state index contributed by atoms with van der Waals surface area (Å²) in [6, 6.07) is 15.9. The van der Waals surface area contributed by atoms with Gasteiger partial charge in [-0.15, -0.1) is 0 Å². The Labute approximate surface area is 117 Å². The summed E-state index contributed by atoms with van der Waals surface area (Å²) >= 11 is 0. The van der Waals surface area contributed by atoms with Crippen LogP contribution in [0, 0.1) is 0 Å². The minimum absolute atomic E-state index is 0.111. The normalized spacial score (nSPS) is 10.0. The van der Waals surface area contributed by atoms with Crippen molar-refractivity contribution in [1.29, 1.82) is 0 Å². The number of carbonyl (C=O) groups is 2. The molecule has 0 unspecified atom stereocenters. The zero-order valence-corrected chi connectivity index (χ0v) is 10.9. The molecule has 102 valence electrons. The molecule has 0 aliphatic carbocycles. The first-order chi connectivity index (χ1) is 9.68. The van der Waals surface area contributed by atoms with E-state index >= 15 is 0 Å². The van der Waals surface area contributed by atoms with E-state index in [1.165, 1.54) is 0 Å². The number of rotatable bonds is 6. The van der Waals surface area contributed by atoms with E-state index in [9.17, 15) is 9.59 Å². The average Bonchev–Trinajstić information content (AvgIpc) is 2.47. The maximum atomic E-state index is 12.4. The van der Waals surface area contributed by atoms with Crippen LogP contribution < -0.4 is 10.5 Å². The van der Waals surface area contributed by atoms with Crippen LogP contribution in [0.15, 0.2) is 54.6 Å². The van der Waals surface area contributed by atoms with Gasteiger partial charge in [0.2, 0.25) is 5.91 Å². The molecule has 4 nitrogen and oxygen atoms in total. The van der Waals surface area contributed by atoms with E-state index in [0.29, 0.717) is 16.9 Å². The number of hydrogen-bond donors (Lipinski definition) is 1. The average molecular weight is 269 g/mol. The Morgan fingerprint density at radius 2 is 1.60 bits per heavy atom. The third-order valence-corrected chi connectivity index (χ3v) is 2.77. The lowest BCUT2D eigenvalue weighted by atomic mass is 10.0. The van der Waals surface area contributed by atoms with Crippen LogP contribution in [0.4, 0.5) is 0 Å². The van der Waals surface area contributed by atoms with Gasteiger partial charge in [0, 0.05) is 5.56 Å². The molecule has 0 saturated carbocycles. The van der Waals surface area contributed by atoms with Gasteiger partial charge in [0.15, 0.2) is 5.78 Å². The first kappa shape index (κ1) is 13.8. The van der Waals surface area contributed by atoms with Crippen molar-refractivity contribution in [2.24, 2.45) is 5.73 Å². The Morgan fingerprint density at radius 3 is 2.30 bits per heavy atom. The first-order valence-corrected chi connectivity index (χ1v) is 6.28. The second-order valence-corrected chi connectivity index (χ2v) is 4.26. The number of para-hydroxylation sites is 1. The van der Waals surface area contributed by atoms with Crippen LogP contribution in [0.1, 0.15) is 22.3 Å². The van der Waals surface area contributed by atoms with Crippen LogP contribution in [-0.4, -0.2) is 18.3 Å². The van der Waals surface area contributed by atoms with Gasteiger partial charge in [-0.1, -0.05) is 42.5 Å². The van der Waals surface area contributed by atoms with Crippen molar-refractivity contribution in [3.63, 3.8) is 0 Å². The molecule has 0 spiro atoms. The Hall–Kier alpha value is -2.62. The van der Waals surface area contributed by atoms with E-state index in [1.807, 2.05) is 18.2 Å². The van der Waals surface area contributed by atoms with Crippen LogP contribution >= 0.6 is 0 Å². The molecule has 2 aromatic rings. The third-order valence-electron chi connectivity index (χ3n) is 2.77. The minimum atomic E-state index is -0.433. The molecule has 0 bridgehead atoms. The summed E-state index contributed by atoms with van der Waals surface area (Å²) in [4.78, 5) is 23.1. The van der Waals surface area contributed by atoms with Gasteiger partial charge in [-0.2, -0.15) is 0 Å². The smallest absolute Gasteiger partial charge is 0.220 e. The van der Waals surface area contributed by atoms with Crippen LogP contribution in [0.5, 0.6) is 5.75 Å². The molecule has 0 heterocycles. The molecule has 0 aliphatic rings. The molecule has 1 amide bonds. The molecule has 0 radical (unpaired) electrons. The lowest BCUT2D eigenvalue weighted by molar-refractivity contribution is -0.118. The van der Waals surface area contributed by atoms with Crippen molar-refractivity contribution in [3.05, 3.63) is 65.7 Å². The molecule has 0 aromatic heterocycles. The van der Waals surface area contributed by atoms with Crippen molar-refractivity contribution in [2.75, 3.05) is 6.61 Å². The van der Waals surface area contributed by atoms with Gasteiger partial charge >= 0.3 is 0 Å². The highest BCUT2D eigenvalue weighted by atomic mass is 16.5. The number of benzene rings is 2. The number of carbonyl (C=O) groups excluding carboxylic acids is 2. The van der Waals surface area contributed by atoms with E-state index in [4.69, 9.17) is 10.5 Å². The molecule has 2 rings (SSSR count). The second kappa shape index (κ2) is 6.52. The topological polar surface area (TPSA) is 69.4 Å². The predicted octanol–water partition coefficient (Wildman–Crippen LogP) is 2.17. The molecular weight excluding hydrogens is 254 g/mol. The lowest BCUT2D eigenvalue weighted by Gasteiger charge is -2.10. The summed E-state index contributed by atoms with van der Waals surface area (Å²) < 4.78 is 5.47. The molecular formula is C16H15NO3. The molecule has 0 saturated heterocycles. The standard InChI is InChI=1S/C16H15NO3/c17-15(18)10-11-20-14-9-5-4-8-13(14)16(19)12-6-2-1-3-7-12/h1-9H,10-11H2,(H2,17,18). The number of amides is 1. The molecule has 20 heavy (non-hydrogen) atoms. The predicted molar refractivity (Wildman–Crippen MR) is 75.6 cm³/mol. The number of hydrogen-bond acceptors (Lipinski definition) is 3. The molecule has 0 atom stereocenters. The van der Waals surface area contributed by atoms with Crippen molar-refractivity contribution >= 4 is 11.7 Å². The van der Waals surface area contributed by atoms with Gasteiger partial charge in [-0.3, -0.25) is 9.59 Å². The zero-order valence-electron chi connectivity index (χ0n) is 10.9. The van der Waals surface area contributed by atoms with Gasteiger partial charge in [0.25, 0.3) is 0 Å². The SMILES string of the molecule is NC(=O)CCOc1ccccc1C(=O)c1ccccc1. The Kier molecular flexibility index (Phi) is 4.50. The second-order valence-electron chi connectivity index (χ2n) is 4.26. The third kappa shape index (κ3) is 3.45. The highest BCUT2D eigenvalue weighted by Gasteiger charge is 2.13. The monoisotopic (exact) mass is 269 g/mol. The maximum absolute atomic E-state index is 12.4. The van der Waals surface area contributed by atoms with Gasteiger partial charge in [0.1, 0.15) is 5.75 Å². The fourth-order valence-electron chi connectivity index (χ4n) is 1.79. The van der Waals surface area contributed by atoms with Crippen LogP contribution in [0.25, 0.3) is 0 Å². The van der Waals surface area contributed by atoms with Crippen LogP contribution in [-0.2, 0) is 4.79 Å². The summed E-state index contributed by atoms with van der Waals surface area (Å²) in [6.07, 6.45) is 0.119. The van der Waals surface area contributed by atoms with E-state index in [-0.39, 0.29) is 18.8 Å². The lowest BCUT2D eigenvalue weighted by Crippen LogP contribution is -2.15. The minimum Gasteiger partial charge on any atom is -0.492 e. The summed E-state index contributed by atoms with van der Waals surface area (Å²) in [6.45, 7) is 0.161. The summed E-state index contributed by atoms with van der Waals surface area (Å²) in [7, 11) is 0. The number of ether oxygens (including phenoxy) is 1. The van der Waals surface area contributed by atoms with Gasteiger partial charge < -0.3 is 10.5 Å². The number of ketones is 1.